The fourth-order valence-corrected chi connectivity index (χ4v) is 2.03. The maximum absolute atomic E-state index is 12.1. The number of aryl methyl sites for hydroxylation is 1. The van der Waals surface area contributed by atoms with Crippen LogP contribution in [0.5, 0.6) is 0 Å². The van der Waals surface area contributed by atoms with E-state index in [1.807, 2.05) is 0 Å². The average molecular weight is 224 g/mol. The van der Waals surface area contributed by atoms with E-state index in [0.29, 0.717) is 12.4 Å². The molecule has 0 spiro atoms. The molecule has 0 aliphatic carbocycles. The summed E-state index contributed by atoms with van der Waals surface area (Å²) in [7, 11) is 0. The fraction of sp³-hybridized carbons (Fsp3) is 0.700. The topological polar surface area (TPSA) is 85.2 Å². The predicted octanol–water partition coefficient (Wildman–Crippen LogP) is 0.331. The molecule has 1 aliphatic heterocycles. The van der Waals surface area contributed by atoms with Crippen molar-refractivity contribution in [1.29, 1.82) is 0 Å². The van der Waals surface area contributed by atoms with Gasteiger partial charge in [0.15, 0.2) is 0 Å². The molecular formula is C10H16N4O2. The molecule has 88 valence electrons. The number of hydrogen-bond acceptors (Lipinski definition) is 5. The Labute approximate surface area is 93.8 Å². The number of carbonyl (C=O) groups is 1. The molecule has 0 bridgehead atoms. The normalized spacial score (nSPS) is 21.1. The maximum atomic E-state index is 12.1. The Balaban J connectivity index is 2.13. The number of aromatic nitrogens is 2. The van der Waals surface area contributed by atoms with E-state index >= 15 is 0 Å². The van der Waals surface area contributed by atoms with Crippen molar-refractivity contribution in [1.82, 2.24) is 15.0 Å². The van der Waals surface area contributed by atoms with Crippen molar-refractivity contribution in [2.45, 2.75) is 32.2 Å². The Morgan fingerprint density at radius 1 is 1.62 bits per heavy atom. The number of amides is 1. The summed E-state index contributed by atoms with van der Waals surface area (Å²) >= 11 is 0. The first-order valence-corrected chi connectivity index (χ1v) is 5.53. The molecule has 1 atom stereocenters. The summed E-state index contributed by atoms with van der Waals surface area (Å²) in [6.07, 6.45) is 3.09. The first-order valence-electron chi connectivity index (χ1n) is 5.53. The molecule has 1 fully saturated rings. The van der Waals surface area contributed by atoms with Gasteiger partial charge in [-0.1, -0.05) is 5.16 Å². The first kappa shape index (κ1) is 11.1. The van der Waals surface area contributed by atoms with E-state index in [-0.39, 0.29) is 17.8 Å². The number of piperidine rings is 1. The Hall–Kier alpha value is -1.43. The van der Waals surface area contributed by atoms with Crippen LogP contribution in [-0.2, 0) is 0 Å². The number of likely N-dealkylation sites (tertiary alicyclic amines) is 1. The van der Waals surface area contributed by atoms with E-state index in [4.69, 9.17) is 10.3 Å². The van der Waals surface area contributed by atoms with E-state index < -0.39 is 0 Å². The maximum Gasteiger partial charge on any atom is 0.295 e. The van der Waals surface area contributed by atoms with Crippen LogP contribution in [0.25, 0.3) is 0 Å². The van der Waals surface area contributed by atoms with Crippen LogP contribution in [0.2, 0.25) is 0 Å². The van der Waals surface area contributed by atoms with Crippen LogP contribution in [0.4, 0.5) is 0 Å². The molecular weight excluding hydrogens is 208 g/mol. The molecule has 1 unspecified atom stereocenters. The Kier molecular flexibility index (Phi) is 3.19. The quantitative estimate of drug-likeness (QED) is 0.782. The fourth-order valence-electron chi connectivity index (χ4n) is 2.03. The van der Waals surface area contributed by atoms with Gasteiger partial charge in [-0.05, 0) is 19.3 Å². The van der Waals surface area contributed by atoms with E-state index in [2.05, 4.69) is 10.1 Å². The van der Waals surface area contributed by atoms with Crippen LogP contribution < -0.4 is 5.73 Å². The summed E-state index contributed by atoms with van der Waals surface area (Å²) in [5.41, 5.74) is 5.66. The highest BCUT2D eigenvalue weighted by Crippen LogP contribution is 2.17. The van der Waals surface area contributed by atoms with Crippen LogP contribution in [0.1, 0.15) is 35.8 Å². The Morgan fingerprint density at radius 2 is 2.44 bits per heavy atom. The van der Waals surface area contributed by atoms with E-state index in [1.165, 1.54) is 0 Å². The highest BCUT2D eigenvalue weighted by atomic mass is 16.5. The zero-order valence-electron chi connectivity index (χ0n) is 9.35. The average Bonchev–Trinajstić information content (AvgIpc) is 2.75. The lowest BCUT2D eigenvalue weighted by Crippen LogP contribution is -2.47. The van der Waals surface area contributed by atoms with Crippen molar-refractivity contribution < 1.29 is 9.32 Å². The first-order chi connectivity index (χ1) is 7.72. The van der Waals surface area contributed by atoms with Crippen LogP contribution in [0.3, 0.4) is 0 Å². The lowest BCUT2D eigenvalue weighted by molar-refractivity contribution is 0.0607. The number of nitrogens with zero attached hydrogens (tertiary/aromatic N) is 3. The van der Waals surface area contributed by atoms with E-state index in [1.54, 1.807) is 11.8 Å². The molecule has 1 aromatic rings. The van der Waals surface area contributed by atoms with Gasteiger partial charge in [0.1, 0.15) is 0 Å². The highest BCUT2D eigenvalue weighted by molar-refractivity contribution is 5.90. The van der Waals surface area contributed by atoms with Gasteiger partial charge in [0.25, 0.3) is 11.7 Å². The van der Waals surface area contributed by atoms with Gasteiger partial charge in [-0.15, -0.1) is 0 Å². The number of carbonyl (C=O) groups excluding carboxylic acids is 1. The molecule has 16 heavy (non-hydrogen) atoms. The zero-order chi connectivity index (χ0) is 11.5. The standard InChI is InChI=1S/C10H16N4O2/c1-7-12-9(13-16-7)10(15)14-5-3-2-4-8(14)6-11/h8H,2-6,11H2,1H3. The summed E-state index contributed by atoms with van der Waals surface area (Å²) in [6, 6.07) is 0.111. The third kappa shape index (κ3) is 2.06. The smallest absolute Gasteiger partial charge is 0.295 e. The minimum absolute atomic E-state index is 0.111. The van der Waals surface area contributed by atoms with Gasteiger partial charge in [-0.3, -0.25) is 4.79 Å². The molecule has 2 heterocycles. The largest absolute Gasteiger partial charge is 0.339 e. The summed E-state index contributed by atoms with van der Waals surface area (Å²) in [5.74, 6) is 0.370. The molecule has 6 heteroatoms. The van der Waals surface area contributed by atoms with Crippen molar-refractivity contribution in [3.05, 3.63) is 11.7 Å². The van der Waals surface area contributed by atoms with Crippen molar-refractivity contribution in [2.75, 3.05) is 13.1 Å². The van der Waals surface area contributed by atoms with Gasteiger partial charge in [-0.25, -0.2) is 0 Å². The highest BCUT2D eigenvalue weighted by Gasteiger charge is 2.28. The summed E-state index contributed by atoms with van der Waals surface area (Å²) in [4.78, 5) is 17.8. The van der Waals surface area contributed by atoms with E-state index in [9.17, 15) is 4.79 Å². The third-order valence-corrected chi connectivity index (χ3v) is 2.88. The molecule has 2 rings (SSSR count). The molecule has 1 aliphatic rings. The Morgan fingerprint density at radius 3 is 3.06 bits per heavy atom. The number of nitrogens with two attached hydrogens (primary N) is 1. The van der Waals surface area contributed by atoms with Crippen molar-refractivity contribution in [3.63, 3.8) is 0 Å². The molecule has 0 radical (unpaired) electrons. The molecule has 1 aromatic heterocycles. The number of rotatable bonds is 2. The summed E-state index contributed by atoms with van der Waals surface area (Å²) < 4.78 is 4.81. The van der Waals surface area contributed by atoms with Crippen molar-refractivity contribution >= 4 is 5.91 Å². The summed E-state index contributed by atoms with van der Waals surface area (Å²) in [5, 5.41) is 3.64. The van der Waals surface area contributed by atoms with Crippen LogP contribution >= 0.6 is 0 Å². The zero-order valence-corrected chi connectivity index (χ0v) is 9.35. The molecule has 1 saturated heterocycles. The van der Waals surface area contributed by atoms with Crippen molar-refractivity contribution in [2.24, 2.45) is 5.73 Å². The van der Waals surface area contributed by atoms with E-state index in [0.717, 1.165) is 25.8 Å². The van der Waals surface area contributed by atoms with Gasteiger partial charge in [-0.2, -0.15) is 4.98 Å². The van der Waals surface area contributed by atoms with Crippen LogP contribution in [-0.4, -0.2) is 40.1 Å². The van der Waals surface area contributed by atoms with Gasteiger partial charge in [0.2, 0.25) is 5.89 Å². The third-order valence-electron chi connectivity index (χ3n) is 2.88. The second-order valence-electron chi connectivity index (χ2n) is 4.02. The minimum Gasteiger partial charge on any atom is -0.339 e. The minimum atomic E-state index is -0.174. The number of hydrogen-bond donors (Lipinski definition) is 1. The van der Waals surface area contributed by atoms with Gasteiger partial charge in [0.05, 0.1) is 0 Å². The van der Waals surface area contributed by atoms with Gasteiger partial charge in [0, 0.05) is 26.1 Å². The molecule has 6 nitrogen and oxygen atoms in total. The Bertz CT molecular complexity index is 377. The molecule has 0 aromatic carbocycles. The predicted molar refractivity (Wildman–Crippen MR) is 56.8 cm³/mol. The van der Waals surface area contributed by atoms with Crippen LogP contribution in [0.15, 0.2) is 4.52 Å². The molecule has 0 saturated carbocycles. The molecule has 1 amide bonds. The second-order valence-corrected chi connectivity index (χ2v) is 4.02. The van der Waals surface area contributed by atoms with Gasteiger partial charge < -0.3 is 15.2 Å². The van der Waals surface area contributed by atoms with Crippen LogP contribution in [0, 0.1) is 6.92 Å². The lowest BCUT2D eigenvalue weighted by Gasteiger charge is -2.34. The lowest BCUT2D eigenvalue weighted by atomic mass is 10.0. The SMILES string of the molecule is Cc1nc(C(=O)N2CCCCC2CN)no1. The second kappa shape index (κ2) is 4.61. The van der Waals surface area contributed by atoms with Gasteiger partial charge >= 0.3 is 0 Å². The molecule has 2 N–H and O–H groups in total. The monoisotopic (exact) mass is 224 g/mol. The van der Waals surface area contributed by atoms with Crippen molar-refractivity contribution in [3.8, 4) is 0 Å². The summed E-state index contributed by atoms with van der Waals surface area (Å²) in [6.45, 7) is 2.89.